The highest BCUT2D eigenvalue weighted by Gasteiger charge is 2.64. The van der Waals surface area contributed by atoms with Gasteiger partial charge in [0, 0.05) is 30.8 Å². The van der Waals surface area contributed by atoms with Gasteiger partial charge in [0.25, 0.3) is 0 Å². The summed E-state index contributed by atoms with van der Waals surface area (Å²) in [7, 11) is 0. The quantitative estimate of drug-likeness (QED) is 0.107. The molecule has 6 N–H and O–H groups in total. The zero-order chi connectivity index (χ0) is 39.9. The lowest BCUT2D eigenvalue weighted by Gasteiger charge is -2.56. The van der Waals surface area contributed by atoms with Crippen molar-refractivity contribution in [2.75, 3.05) is 19.8 Å². The van der Waals surface area contributed by atoms with E-state index in [2.05, 4.69) is 36.7 Å². The van der Waals surface area contributed by atoms with E-state index in [4.69, 9.17) is 10.5 Å². The monoisotopic (exact) mass is 764 g/mol. The Balaban J connectivity index is 1.39. The van der Waals surface area contributed by atoms with Crippen LogP contribution in [0.15, 0.2) is 76.9 Å². The minimum atomic E-state index is -1.21. The molecule has 0 radical (unpaired) electrons. The number of rotatable bonds is 8. The fraction of sp³-hybridized carbons (Fsp3) is 0.583. The minimum Gasteiger partial charge on any atom is -0.396 e. The van der Waals surface area contributed by atoms with E-state index < -0.39 is 23.3 Å². The summed E-state index contributed by atoms with van der Waals surface area (Å²) in [4.78, 5) is 27.6. The van der Waals surface area contributed by atoms with Crippen molar-refractivity contribution >= 4 is 11.7 Å². The molecule has 302 valence electrons. The number of benzene rings is 1. The summed E-state index contributed by atoms with van der Waals surface area (Å²) in [6.45, 7) is 8.81. The molecule has 6 unspecified atom stereocenters. The third kappa shape index (κ3) is 9.09. The summed E-state index contributed by atoms with van der Waals surface area (Å²) >= 11 is 0. The molecule has 3 fully saturated rings. The highest BCUT2D eigenvalue weighted by Crippen LogP contribution is 2.63. The normalized spacial score (nSPS) is 31.6. The molecular formula is C48H64N2O6. The smallest absolute Gasteiger partial charge is 0.225 e. The van der Waals surface area contributed by atoms with Gasteiger partial charge in [-0.25, -0.2) is 0 Å². The first-order valence-electron chi connectivity index (χ1n) is 21.1. The molecule has 1 aromatic carbocycles. The van der Waals surface area contributed by atoms with Crippen LogP contribution in [0.25, 0.3) is 0 Å². The Morgan fingerprint density at radius 3 is 2.71 bits per heavy atom. The molecule has 0 bridgehead atoms. The lowest BCUT2D eigenvalue weighted by atomic mass is 9.52. The van der Waals surface area contributed by atoms with Gasteiger partial charge in [-0.1, -0.05) is 96.9 Å². The van der Waals surface area contributed by atoms with Gasteiger partial charge in [0.1, 0.15) is 12.8 Å². The summed E-state index contributed by atoms with van der Waals surface area (Å²) in [5, 5.41) is 38.4. The van der Waals surface area contributed by atoms with Crippen molar-refractivity contribution < 1.29 is 29.6 Å². The molecular weight excluding hydrogens is 701 g/mol. The van der Waals surface area contributed by atoms with Crippen LogP contribution >= 0.6 is 0 Å². The van der Waals surface area contributed by atoms with Crippen molar-refractivity contribution in [3.05, 3.63) is 93.6 Å². The second-order valence-corrected chi connectivity index (χ2v) is 17.3. The van der Waals surface area contributed by atoms with Crippen molar-refractivity contribution in [1.29, 1.82) is 0 Å². The van der Waals surface area contributed by atoms with E-state index >= 15 is 4.79 Å². The first-order chi connectivity index (χ1) is 27.0. The van der Waals surface area contributed by atoms with Crippen LogP contribution in [0.1, 0.15) is 127 Å². The molecule has 6 atom stereocenters. The zero-order valence-electron chi connectivity index (χ0n) is 33.7. The van der Waals surface area contributed by atoms with Crippen LogP contribution in [-0.2, 0) is 27.2 Å². The highest BCUT2D eigenvalue weighted by molar-refractivity contribution is 5.98. The van der Waals surface area contributed by atoms with Crippen molar-refractivity contribution in [3.8, 4) is 11.8 Å². The van der Waals surface area contributed by atoms with E-state index in [1.54, 1.807) is 0 Å². The Labute approximate surface area is 334 Å². The summed E-state index contributed by atoms with van der Waals surface area (Å²) < 4.78 is 6.13. The Morgan fingerprint density at radius 2 is 1.93 bits per heavy atom. The average molecular weight is 765 g/mol. The molecule has 2 aliphatic heterocycles. The van der Waals surface area contributed by atoms with Gasteiger partial charge in [-0.3, -0.25) is 9.59 Å². The molecule has 1 spiro atoms. The summed E-state index contributed by atoms with van der Waals surface area (Å²) in [6.07, 6.45) is 17.9. The lowest BCUT2D eigenvalue weighted by Crippen LogP contribution is -2.59. The van der Waals surface area contributed by atoms with E-state index in [0.29, 0.717) is 51.6 Å². The van der Waals surface area contributed by atoms with E-state index in [9.17, 15) is 20.1 Å². The average Bonchev–Trinajstić information content (AvgIpc) is 3.51. The number of carbonyl (C=O) groups is 2. The minimum absolute atomic E-state index is 0.0174. The second kappa shape index (κ2) is 18.8. The Hall–Kier alpha value is -3.58. The molecule has 0 saturated heterocycles. The van der Waals surface area contributed by atoms with Crippen LogP contribution in [0.3, 0.4) is 0 Å². The van der Waals surface area contributed by atoms with Gasteiger partial charge in [-0.2, -0.15) is 0 Å². The van der Waals surface area contributed by atoms with Crippen LogP contribution in [-0.4, -0.2) is 58.5 Å². The number of hydrogen-bond donors (Lipinski definition) is 5. The Morgan fingerprint density at radius 1 is 1.12 bits per heavy atom. The molecule has 3 saturated carbocycles. The maximum atomic E-state index is 15.0. The molecule has 3 aliphatic carbocycles. The van der Waals surface area contributed by atoms with Gasteiger partial charge in [0.2, 0.25) is 5.91 Å². The van der Waals surface area contributed by atoms with E-state index in [-0.39, 0.29) is 55.5 Å². The van der Waals surface area contributed by atoms with Gasteiger partial charge < -0.3 is 31.1 Å². The second-order valence-electron chi connectivity index (χ2n) is 17.3. The third-order valence-electron chi connectivity index (χ3n) is 13.7. The number of aliphatic hydroxyl groups is 3. The maximum Gasteiger partial charge on any atom is 0.225 e. The molecule has 6 rings (SSSR count). The number of hydrogen-bond acceptors (Lipinski definition) is 7. The molecule has 56 heavy (non-hydrogen) atoms. The lowest BCUT2D eigenvalue weighted by molar-refractivity contribution is -0.168. The molecule has 1 amide bonds. The van der Waals surface area contributed by atoms with E-state index in [1.807, 2.05) is 43.4 Å². The summed E-state index contributed by atoms with van der Waals surface area (Å²) in [6, 6.07) is 5.79. The van der Waals surface area contributed by atoms with Gasteiger partial charge in [0.05, 0.1) is 24.7 Å². The number of ketones is 1. The van der Waals surface area contributed by atoms with Gasteiger partial charge in [-0.15, -0.1) is 0 Å². The van der Waals surface area contributed by atoms with Crippen LogP contribution in [0.5, 0.6) is 0 Å². The molecule has 8 nitrogen and oxygen atoms in total. The number of fused-ring (bicyclic) bond motifs is 1. The SMILES string of the molecule is C=C1C=CC=C(C2CCC3(C(CCCO)C(=C(C(=O)Cc4cccc5c4CC(=O)NC5N)C4CCCCC4)CCC3(C)O)C2O)COCC#CCC(C)=CCC1. The number of nitrogens with two attached hydrogens (primary N) is 1. The van der Waals surface area contributed by atoms with Gasteiger partial charge in [-0.05, 0) is 118 Å². The Bertz CT molecular complexity index is 1820. The summed E-state index contributed by atoms with van der Waals surface area (Å²) in [5.74, 6) is 5.78. The predicted octanol–water partition coefficient (Wildman–Crippen LogP) is 7.18. The van der Waals surface area contributed by atoms with E-state index in [0.717, 1.165) is 83.9 Å². The van der Waals surface area contributed by atoms with Crippen LogP contribution in [0.4, 0.5) is 0 Å². The van der Waals surface area contributed by atoms with Crippen molar-refractivity contribution in [3.63, 3.8) is 0 Å². The van der Waals surface area contributed by atoms with Crippen molar-refractivity contribution in [2.24, 2.45) is 28.9 Å². The predicted molar refractivity (Wildman–Crippen MR) is 221 cm³/mol. The van der Waals surface area contributed by atoms with Gasteiger partial charge in [0.15, 0.2) is 5.78 Å². The highest BCUT2D eigenvalue weighted by atomic mass is 16.5. The standard InChI is InChI=1S/C48H64N2O6/c1-32-13-7-8-28-56-31-36(20-10-16-33(2)15-9-14-32)37-24-26-48(45(37)54)41(22-12-27-51)39(23-25-47(48,3)55)44(34-17-5-4-6-18-34)42(52)29-35-19-11-21-38-40(35)30-43(53)50-46(38)49/h10-11,14,16,19-21,34,37,41,45-46,51,54-55H,2,4-6,9,12-13,15,17-18,22-31,49H2,1,3H3,(H,50,53). The van der Waals surface area contributed by atoms with E-state index in [1.165, 1.54) is 5.57 Å². The number of Topliss-reactive ketones (excluding diaryl/α,β-unsaturated/α-hetero) is 1. The van der Waals surface area contributed by atoms with Crippen LogP contribution < -0.4 is 11.1 Å². The van der Waals surface area contributed by atoms with Crippen molar-refractivity contribution in [2.45, 2.75) is 134 Å². The molecule has 1 aromatic rings. The first-order valence-corrected chi connectivity index (χ1v) is 21.1. The molecule has 2 heterocycles. The number of amides is 1. The molecule has 5 aliphatic rings. The zero-order valence-corrected chi connectivity index (χ0v) is 33.7. The first kappa shape index (κ1) is 42.0. The largest absolute Gasteiger partial charge is 0.396 e. The number of allylic oxidation sites excluding steroid dienone is 8. The number of ether oxygens (including phenoxy) is 1. The third-order valence-corrected chi connectivity index (χ3v) is 13.7. The maximum absolute atomic E-state index is 15.0. The summed E-state index contributed by atoms with van der Waals surface area (Å²) in [5.41, 5.74) is 11.8. The van der Waals surface area contributed by atoms with Crippen LogP contribution in [0.2, 0.25) is 0 Å². The Kier molecular flexibility index (Phi) is 14.1. The molecule has 8 heteroatoms. The number of aliphatic hydroxyl groups excluding tert-OH is 2. The fourth-order valence-corrected chi connectivity index (χ4v) is 10.8. The number of nitrogens with one attached hydrogen (secondary N) is 1. The van der Waals surface area contributed by atoms with Crippen LogP contribution in [0, 0.1) is 35.0 Å². The number of carbonyl (C=O) groups excluding carboxylic acids is 2. The fourth-order valence-electron chi connectivity index (χ4n) is 10.8. The van der Waals surface area contributed by atoms with Gasteiger partial charge >= 0.3 is 0 Å². The molecule has 0 aromatic heterocycles. The topological polar surface area (TPSA) is 142 Å². The van der Waals surface area contributed by atoms with Crippen molar-refractivity contribution in [1.82, 2.24) is 5.32 Å².